The third-order valence-electron chi connectivity index (χ3n) is 3.77. The summed E-state index contributed by atoms with van der Waals surface area (Å²) in [6.45, 7) is 0. The van der Waals surface area contributed by atoms with Crippen LogP contribution in [0.1, 0.15) is 16.0 Å². The first-order valence-corrected chi connectivity index (χ1v) is 12.0. The summed E-state index contributed by atoms with van der Waals surface area (Å²) in [5, 5.41) is 3.60. The summed E-state index contributed by atoms with van der Waals surface area (Å²) in [7, 11) is -3.58. The molecular formula is C19H16BrClN2O3S2. The normalized spacial score (nSPS) is 11.4. The van der Waals surface area contributed by atoms with Crippen molar-refractivity contribution >= 4 is 59.7 Å². The molecule has 0 aliphatic carbocycles. The number of halogens is 2. The van der Waals surface area contributed by atoms with Crippen LogP contribution in [0.3, 0.4) is 0 Å². The molecule has 5 nitrogen and oxygen atoms in total. The predicted molar refractivity (Wildman–Crippen MR) is 117 cm³/mol. The Kier molecular flexibility index (Phi) is 6.87. The van der Waals surface area contributed by atoms with Gasteiger partial charge in [-0.25, -0.2) is 13.4 Å². The Hall–Kier alpha value is -1.74. The van der Waals surface area contributed by atoms with E-state index in [1.165, 1.54) is 11.3 Å². The first kappa shape index (κ1) is 21.0. The van der Waals surface area contributed by atoms with Gasteiger partial charge in [-0.3, -0.25) is 4.79 Å². The number of hydrogen-bond acceptors (Lipinski definition) is 5. The SMILES string of the molecule is O=C(CS(=O)(=O)Cc1ccc(Br)cc1)Nc1ncc(Cc2ccccc2Cl)s1. The Morgan fingerprint density at radius 2 is 1.86 bits per heavy atom. The molecule has 2 aromatic carbocycles. The van der Waals surface area contributed by atoms with Gasteiger partial charge in [0.05, 0.1) is 5.75 Å². The number of anilines is 1. The molecule has 28 heavy (non-hydrogen) atoms. The second kappa shape index (κ2) is 9.17. The van der Waals surface area contributed by atoms with Gasteiger partial charge in [-0.2, -0.15) is 0 Å². The molecule has 1 aromatic heterocycles. The van der Waals surface area contributed by atoms with Crippen molar-refractivity contribution in [2.45, 2.75) is 12.2 Å². The number of hydrogen-bond donors (Lipinski definition) is 1. The first-order chi connectivity index (χ1) is 13.3. The van der Waals surface area contributed by atoms with E-state index in [-0.39, 0.29) is 5.75 Å². The maximum Gasteiger partial charge on any atom is 0.241 e. The number of nitrogens with zero attached hydrogens (tertiary/aromatic N) is 1. The molecule has 3 aromatic rings. The standard InChI is InChI=1S/C19H16BrClN2O3S2/c20-15-7-5-13(6-8-15)11-28(25,26)12-18(24)23-19-22-10-16(27-19)9-14-3-1-2-4-17(14)21/h1-8,10H,9,11-12H2,(H,22,23,24). The monoisotopic (exact) mass is 498 g/mol. The van der Waals surface area contributed by atoms with Gasteiger partial charge in [0.2, 0.25) is 5.91 Å². The second-order valence-electron chi connectivity index (χ2n) is 6.11. The summed E-state index contributed by atoms with van der Waals surface area (Å²) in [4.78, 5) is 17.2. The molecule has 0 aliphatic rings. The molecular weight excluding hydrogens is 484 g/mol. The average molecular weight is 500 g/mol. The van der Waals surface area contributed by atoms with Gasteiger partial charge in [-0.15, -0.1) is 11.3 Å². The number of carbonyl (C=O) groups excluding carboxylic acids is 1. The molecule has 1 N–H and O–H groups in total. The Bertz CT molecular complexity index is 1080. The Morgan fingerprint density at radius 3 is 2.57 bits per heavy atom. The van der Waals surface area contributed by atoms with E-state index in [0.29, 0.717) is 22.1 Å². The Balaban J connectivity index is 1.58. The van der Waals surface area contributed by atoms with Crippen LogP contribution in [0.5, 0.6) is 0 Å². The van der Waals surface area contributed by atoms with Gasteiger partial charge in [0, 0.05) is 27.0 Å². The van der Waals surface area contributed by atoms with Crippen molar-refractivity contribution in [2.75, 3.05) is 11.1 Å². The third kappa shape index (κ3) is 6.13. The zero-order chi connectivity index (χ0) is 20.1. The van der Waals surface area contributed by atoms with Crippen LogP contribution in [-0.2, 0) is 26.8 Å². The summed E-state index contributed by atoms with van der Waals surface area (Å²) < 4.78 is 25.4. The number of amides is 1. The van der Waals surface area contributed by atoms with Crippen LogP contribution >= 0.6 is 38.9 Å². The Morgan fingerprint density at radius 1 is 1.14 bits per heavy atom. The van der Waals surface area contributed by atoms with Crippen LogP contribution in [0.25, 0.3) is 0 Å². The third-order valence-corrected chi connectivity index (χ3v) is 7.06. The molecule has 9 heteroatoms. The molecule has 0 atom stereocenters. The largest absolute Gasteiger partial charge is 0.301 e. The number of benzene rings is 2. The number of aromatic nitrogens is 1. The maximum atomic E-state index is 12.3. The lowest BCUT2D eigenvalue weighted by molar-refractivity contribution is -0.113. The zero-order valence-corrected chi connectivity index (χ0v) is 18.5. The fraction of sp³-hybridized carbons (Fsp3) is 0.158. The Labute approximate surface area is 180 Å². The van der Waals surface area contributed by atoms with E-state index in [1.54, 1.807) is 30.5 Å². The highest BCUT2D eigenvalue weighted by Gasteiger charge is 2.18. The van der Waals surface area contributed by atoms with E-state index in [4.69, 9.17) is 11.6 Å². The molecule has 0 bridgehead atoms. The fourth-order valence-corrected chi connectivity index (χ4v) is 5.11. The van der Waals surface area contributed by atoms with Crippen molar-refractivity contribution in [2.24, 2.45) is 0 Å². The van der Waals surface area contributed by atoms with Gasteiger partial charge in [0.25, 0.3) is 0 Å². The minimum absolute atomic E-state index is 0.191. The highest BCUT2D eigenvalue weighted by molar-refractivity contribution is 9.10. The quantitative estimate of drug-likeness (QED) is 0.511. The van der Waals surface area contributed by atoms with E-state index < -0.39 is 21.5 Å². The summed E-state index contributed by atoms with van der Waals surface area (Å²) in [5.41, 5.74) is 1.59. The van der Waals surface area contributed by atoms with Crippen LogP contribution in [0.15, 0.2) is 59.2 Å². The van der Waals surface area contributed by atoms with Crippen LogP contribution in [0.4, 0.5) is 5.13 Å². The summed E-state index contributed by atoms with van der Waals surface area (Å²) in [5.74, 6) is -1.39. The van der Waals surface area contributed by atoms with Crippen LogP contribution < -0.4 is 5.32 Å². The van der Waals surface area contributed by atoms with Gasteiger partial charge in [0.15, 0.2) is 15.0 Å². The lowest BCUT2D eigenvalue weighted by Gasteiger charge is -2.05. The summed E-state index contributed by atoms with van der Waals surface area (Å²) in [6.07, 6.45) is 2.25. The maximum absolute atomic E-state index is 12.3. The van der Waals surface area contributed by atoms with Gasteiger partial charge in [-0.05, 0) is 29.3 Å². The van der Waals surface area contributed by atoms with Crippen molar-refractivity contribution in [3.8, 4) is 0 Å². The highest BCUT2D eigenvalue weighted by atomic mass is 79.9. The molecule has 0 unspecified atom stereocenters. The lowest BCUT2D eigenvalue weighted by Crippen LogP contribution is -2.23. The second-order valence-corrected chi connectivity index (χ2v) is 10.6. The van der Waals surface area contributed by atoms with Gasteiger partial charge >= 0.3 is 0 Å². The minimum atomic E-state index is -3.58. The molecule has 146 valence electrons. The molecule has 0 aliphatic heterocycles. The molecule has 1 heterocycles. The lowest BCUT2D eigenvalue weighted by atomic mass is 10.1. The molecule has 0 spiro atoms. The van der Waals surface area contributed by atoms with Crippen LogP contribution in [0, 0.1) is 0 Å². The molecule has 0 fully saturated rings. The minimum Gasteiger partial charge on any atom is -0.301 e. The van der Waals surface area contributed by atoms with Crippen molar-refractivity contribution < 1.29 is 13.2 Å². The number of thiazole rings is 1. The van der Waals surface area contributed by atoms with Gasteiger partial charge in [-0.1, -0.05) is 57.9 Å². The molecule has 3 rings (SSSR count). The van der Waals surface area contributed by atoms with E-state index in [2.05, 4.69) is 26.2 Å². The first-order valence-electron chi connectivity index (χ1n) is 8.23. The summed E-state index contributed by atoms with van der Waals surface area (Å²) >= 11 is 10.8. The smallest absolute Gasteiger partial charge is 0.241 e. The van der Waals surface area contributed by atoms with Crippen molar-refractivity contribution in [3.63, 3.8) is 0 Å². The van der Waals surface area contributed by atoms with E-state index >= 15 is 0 Å². The number of rotatable bonds is 7. The average Bonchev–Trinajstić information content (AvgIpc) is 3.05. The molecule has 0 radical (unpaired) electrons. The van der Waals surface area contributed by atoms with Gasteiger partial charge < -0.3 is 5.32 Å². The fourth-order valence-electron chi connectivity index (χ4n) is 2.52. The molecule has 0 saturated heterocycles. The topological polar surface area (TPSA) is 76.1 Å². The van der Waals surface area contributed by atoms with Gasteiger partial charge in [0.1, 0.15) is 5.75 Å². The van der Waals surface area contributed by atoms with Crippen molar-refractivity contribution in [1.82, 2.24) is 4.98 Å². The van der Waals surface area contributed by atoms with Crippen LogP contribution in [0.2, 0.25) is 5.02 Å². The van der Waals surface area contributed by atoms with Crippen LogP contribution in [-0.4, -0.2) is 25.1 Å². The molecule has 1 amide bonds. The zero-order valence-electron chi connectivity index (χ0n) is 14.6. The van der Waals surface area contributed by atoms with Crippen molar-refractivity contribution in [1.29, 1.82) is 0 Å². The van der Waals surface area contributed by atoms with E-state index in [9.17, 15) is 13.2 Å². The number of sulfone groups is 1. The van der Waals surface area contributed by atoms with E-state index in [0.717, 1.165) is 14.9 Å². The number of nitrogens with one attached hydrogen (secondary N) is 1. The summed E-state index contributed by atoms with van der Waals surface area (Å²) in [6, 6.07) is 14.5. The molecule has 0 saturated carbocycles. The van der Waals surface area contributed by atoms with Crippen molar-refractivity contribution in [3.05, 3.63) is 80.2 Å². The highest BCUT2D eigenvalue weighted by Crippen LogP contribution is 2.24. The predicted octanol–water partition coefficient (Wildman–Crippen LogP) is 4.70. The van der Waals surface area contributed by atoms with E-state index in [1.807, 2.05) is 24.3 Å². The number of carbonyl (C=O) groups is 1.